The Morgan fingerprint density at radius 2 is 1.24 bits per heavy atom. The number of halogens is 3. The number of fused-ring (bicyclic) bond motifs is 1. The molecule has 5 rings (SSSR count). The standard InChI is InChI=1S/C29H18F3NO4/c30-29(31,32)23-13-7-8-14-24(23)33-26(34)21-16-15-20(17-22(21)27(33)35)28(36)37-25(18-9-3-1-4-10-18)19-11-5-2-6-12-19/h1-17,25H. The molecule has 4 aromatic carbocycles. The second-order valence-electron chi connectivity index (χ2n) is 8.33. The van der Waals surface area contributed by atoms with Crippen LogP contribution in [0, 0.1) is 0 Å². The normalized spacial score (nSPS) is 13.1. The van der Waals surface area contributed by atoms with E-state index in [-0.39, 0.29) is 16.7 Å². The monoisotopic (exact) mass is 501 g/mol. The quantitative estimate of drug-likeness (QED) is 0.233. The fraction of sp³-hybridized carbons (Fsp3) is 0.0690. The Balaban J connectivity index is 1.47. The Morgan fingerprint density at radius 1 is 0.703 bits per heavy atom. The molecule has 5 nitrogen and oxygen atoms in total. The van der Waals surface area contributed by atoms with Gasteiger partial charge in [0.25, 0.3) is 11.8 Å². The molecule has 0 saturated heterocycles. The van der Waals surface area contributed by atoms with Crippen molar-refractivity contribution in [3.05, 3.63) is 137 Å². The van der Waals surface area contributed by atoms with Gasteiger partial charge in [0.1, 0.15) is 0 Å². The molecule has 0 unspecified atom stereocenters. The van der Waals surface area contributed by atoms with Gasteiger partial charge in [0.15, 0.2) is 6.10 Å². The van der Waals surface area contributed by atoms with E-state index < -0.39 is 41.3 Å². The average Bonchev–Trinajstić information content (AvgIpc) is 3.16. The summed E-state index contributed by atoms with van der Waals surface area (Å²) in [5.74, 6) is -2.60. The summed E-state index contributed by atoms with van der Waals surface area (Å²) in [6.07, 6.45) is -5.51. The largest absolute Gasteiger partial charge is 0.449 e. The van der Waals surface area contributed by atoms with Crippen LogP contribution < -0.4 is 4.90 Å². The number of benzene rings is 4. The minimum absolute atomic E-state index is 0.0114. The number of esters is 1. The number of alkyl halides is 3. The summed E-state index contributed by atoms with van der Waals surface area (Å²) >= 11 is 0. The smallest absolute Gasteiger partial charge is 0.418 e. The van der Waals surface area contributed by atoms with Crippen molar-refractivity contribution in [2.24, 2.45) is 0 Å². The lowest BCUT2D eigenvalue weighted by Gasteiger charge is -2.19. The Kier molecular flexibility index (Phi) is 6.09. The molecule has 37 heavy (non-hydrogen) atoms. The molecule has 0 aromatic heterocycles. The van der Waals surface area contributed by atoms with Crippen LogP contribution in [0.25, 0.3) is 0 Å². The van der Waals surface area contributed by atoms with Gasteiger partial charge in [0, 0.05) is 0 Å². The van der Waals surface area contributed by atoms with E-state index in [2.05, 4.69) is 0 Å². The average molecular weight is 501 g/mol. The van der Waals surface area contributed by atoms with Gasteiger partial charge in [-0.05, 0) is 41.5 Å². The molecule has 1 heterocycles. The maximum Gasteiger partial charge on any atom is 0.418 e. The number of ether oxygens (including phenoxy) is 1. The van der Waals surface area contributed by atoms with Crippen LogP contribution in [-0.4, -0.2) is 17.8 Å². The van der Waals surface area contributed by atoms with Crippen molar-refractivity contribution in [2.45, 2.75) is 12.3 Å². The third-order valence-electron chi connectivity index (χ3n) is 6.00. The molecule has 4 aromatic rings. The number of carbonyl (C=O) groups is 3. The molecule has 0 saturated carbocycles. The van der Waals surface area contributed by atoms with E-state index in [0.29, 0.717) is 4.90 Å². The molecule has 0 bridgehead atoms. The molecule has 8 heteroatoms. The Bertz CT molecular complexity index is 1460. The lowest BCUT2D eigenvalue weighted by atomic mass is 10.0. The molecule has 0 fully saturated rings. The van der Waals surface area contributed by atoms with Crippen LogP contribution in [0.3, 0.4) is 0 Å². The van der Waals surface area contributed by atoms with E-state index in [1.54, 1.807) is 0 Å². The topological polar surface area (TPSA) is 63.7 Å². The lowest BCUT2D eigenvalue weighted by Crippen LogP contribution is -2.31. The summed E-state index contributed by atoms with van der Waals surface area (Å²) in [7, 11) is 0. The molecule has 184 valence electrons. The van der Waals surface area contributed by atoms with Crippen molar-refractivity contribution < 1.29 is 32.3 Å². The molecule has 0 N–H and O–H groups in total. The summed E-state index contributed by atoms with van der Waals surface area (Å²) in [6.45, 7) is 0. The van der Waals surface area contributed by atoms with Crippen LogP contribution in [0.4, 0.5) is 18.9 Å². The van der Waals surface area contributed by atoms with Gasteiger partial charge in [0.05, 0.1) is 27.9 Å². The van der Waals surface area contributed by atoms with Crippen molar-refractivity contribution in [1.82, 2.24) is 0 Å². The molecule has 0 spiro atoms. The number of hydrogen-bond donors (Lipinski definition) is 0. The Hall–Kier alpha value is -4.72. The second kappa shape index (κ2) is 9.39. The van der Waals surface area contributed by atoms with E-state index in [4.69, 9.17) is 4.74 Å². The summed E-state index contributed by atoms with van der Waals surface area (Å²) in [4.78, 5) is 39.7. The zero-order chi connectivity index (χ0) is 26.2. The number of carbonyl (C=O) groups excluding carboxylic acids is 3. The van der Waals surface area contributed by atoms with E-state index in [1.807, 2.05) is 60.7 Å². The van der Waals surface area contributed by atoms with Gasteiger partial charge in [-0.25, -0.2) is 9.69 Å². The predicted octanol–water partition coefficient (Wildman–Crippen LogP) is 6.45. The first-order valence-corrected chi connectivity index (χ1v) is 11.3. The highest BCUT2D eigenvalue weighted by Crippen LogP contribution is 2.39. The van der Waals surface area contributed by atoms with Crippen LogP contribution in [0.2, 0.25) is 0 Å². The lowest BCUT2D eigenvalue weighted by molar-refractivity contribution is -0.137. The Labute approximate surface area is 209 Å². The van der Waals surface area contributed by atoms with Crippen molar-refractivity contribution in [3.8, 4) is 0 Å². The zero-order valence-corrected chi connectivity index (χ0v) is 19.1. The van der Waals surface area contributed by atoms with Gasteiger partial charge in [-0.15, -0.1) is 0 Å². The van der Waals surface area contributed by atoms with Gasteiger partial charge in [-0.3, -0.25) is 9.59 Å². The Morgan fingerprint density at radius 3 is 1.84 bits per heavy atom. The maximum atomic E-state index is 13.5. The fourth-order valence-corrected chi connectivity index (χ4v) is 4.25. The molecule has 2 amide bonds. The van der Waals surface area contributed by atoms with Crippen molar-refractivity contribution in [2.75, 3.05) is 4.90 Å². The maximum absolute atomic E-state index is 13.5. The summed E-state index contributed by atoms with van der Waals surface area (Å²) < 4.78 is 46.4. The number of rotatable bonds is 5. The molecule has 1 aliphatic rings. The summed E-state index contributed by atoms with van der Waals surface area (Å²) in [5, 5.41) is 0. The first-order valence-electron chi connectivity index (χ1n) is 11.3. The highest BCUT2D eigenvalue weighted by atomic mass is 19.4. The van der Waals surface area contributed by atoms with E-state index in [9.17, 15) is 27.6 Å². The number of para-hydroxylation sites is 1. The summed E-state index contributed by atoms with van der Waals surface area (Å²) in [6, 6.07) is 26.3. The molecule has 0 radical (unpaired) electrons. The van der Waals surface area contributed by atoms with E-state index >= 15 is 0 Å². The van der Waals surface area contributed by atoms with Crippen LogP contribution in [0.5, 0.6) is 0 Å². The molecule has 0 atom stereocenters. The number of imide groups is 1. The minimum atomic E-state index is -4.77. The number of hydrogen-bond acceptors (Lipinski definition) is 4. The van der Waals surface area contributed by atoms with Gasteiger partial charge >= 0.3 is 12.1 Å². The van der Waals surface area contributed by atoms with E-state index in [0.717, 1.165) is 23.3 Å². The SMILES string of the molecule is O=C(OC(c1ccccc1)c1ccccc1)c1ccc2c(c1)C(=O)N(c1ccccc1C(F)(F)F)C2=O. The molecular formula is C29H18F3NO4. The zero-order valence-electron chi connectivity index (χ0n) is 19.1. The molecular weight excluding hydrogens is 483 g/mol. The van der Waals surface area contributed by atoms with Crippen molar-refractivity contribution in [1.29, 1.82) is 0 Å². The highest BCUT2D eigenvalue weighted by Gasteiger charge is 2.42. The highest BCUT2D eigenvalue weighted by molar-refractivity contribution is 6.35. The van der Waals surface area contributed by atoms with Crippen LogP contribution in [0.15, 0.2) is 103 Å². The van der Waals surface area contributed by atoms with Gasteiger partial charge in [-0.1, -0.05) is 72.8 Å². The number of nitrogens with zero attached hydrogens (tertiary/aromatic N) is 1. The third-order valence-corrected chi connectivity index (χ3v) is 6.00. The van der Waals surface area contributed by atoms with Crippen LogP contribution in [-0.2, 0) is 10.9 Å². The van der Waals surface area contributed by atoms with Gasteiger partial charge in [-0.2, -0.15) is 13.2 Å². The number of amides is 2. The van der Waals surface area contributed by atoms with Gasteiger partial charge in [0.2, 0.25) is 0 Å². The van der Waals surface area contributed by atoms with Gasteiger partial charge < -0.3 is 4.74 Å². The summed E-state index contributed by atoms with van der Waals surface area (Å²) in [5.41, 5.74) is -0.513. The third kappa shape index (κ3) is 4.49. The fourth-order valence-electron chi connectivity index (χ4n) is 4.25. The second-order valence-corrected chi connectivity index (χ2v) is 8.33. The predicted molar refractivity (Wildman–Crippen MR) is 129 cm³/mol. The first kappa shape index (κ1) is 24.0. The van der Waals surface area contributed by atoms with Crippen LogP contribution >= 0.6 is 0 Å². The van der Waals surface area contributed by atoms with Crippen LogP contribution in [0.1, 0.15) is 53.9 Å². The molecule has 0 aliphatic carbocycles. The van der Waals surface area contributed by atoms with Crippen molar-refractivity contribution >= 4 is 23.5 Å². The first-order chi connectivity index (χ1) is 17.8. The van der Waals surface area contributed by atoms with E-state index in [1.165, 1.54) is 30.3 Å². The molecule has 1 aliphatic heterocycles. The minimum Gasteiger partial charge on any atom is -0.449 e. The number of anilines is 1. The van der Waals surface area contributed by atoms with Crippen molar-refractivity contribution in [3.63, 3.8) is 0 Å².